The number of hydrogen-bond acceptors (Lipinski definition) is 5. The highest BCUT2D eigenvalue weighted by atomic mass is 32.2. The molecular formula is C12H16N2O3S. The van der Waals surface area contributed by atoms with E-state index in [0.717, 1.165) is 0 Å². The fourth-order valence-corrected chi connectivity index (χ4v) is 2.63. The first-order valence-corrected chi connectivity index (χ1v) is 7.44. The van der Waals surface area contributed by atoms with Crippen LogP contribution >= 0.6 is 0 Å². The van der Waals surface area contributed by atoms with Crippen molar-refractivity contribution in [3.05, 3.63) is 23.8 Å². The summed E-state index contributed by atoms with van der Waals surface area (Å²) in [5.41, 5.74) is 1.17. The van der Waals surface area contributed by atoms with Gasteiger partial charge in [0, 0.05) is 18.4 Å². The molecule has 6 heteroatoms. The number of ether oxygens (including phenoxy) is 1. The third-order valence-electron chi connectivity index (χ3n) is 2.29. The van der Waals surface area contributed by atoms with Crippen LogP contribution in [0.15, 0.2) is 18.2 Å². The van der Waals surface area contributed by atoms with Crippen molar-refractivity contribution in [3.8, 4) is 11.8 Å². The van der Waals surface area contributed by atoms with Crippen LogP contribution in [0, 0.1) is 11.3 Å². The second kappa shape index (κ2) is 5.74. The SMILES string of the molecule is COc1cc(C#N)ccc1NC(C)CS(C)(=O)=O. The number of sulfone groups is 1. The van der Waals surface area contributed by atoms with Gasteiger partial charge in [-0.05, 0) is 19.1 Å². The normalized spacial score (nSPS) is 12.6. The molecule has 1 rings (SSSR count). The van der Waals surface area contributed by atoms with E-state index in [4.69, 9.17) is 10.00 Å². The zero-order chi connectivity index (χ0) is 13.8. The number of rotatable bonds is 5. The van der Waals surface area contributed by atoms with Gasteiger partial charge in [0.2, 0.25) is 0 Å². The Morgan fingerprint density at radius 3 is 2.67 bits per heavy atom. The Hall–Kier alpha value is -1.74. The molecule has 0 aromatic heterocycles. The molecule has 1 N–H and O–H groups in total. The van der Waals surface area contributed by atoms with Gasteiger partial charge in [-0.15, -0.1) is 0 Å². The summed E-state index contributed by atoms with van der Waals surface area (Å²) in [4.78, 5) is 0. The Labute approximate surface area is 107 Å². The lowest BCUT2D eigenvalue weighted by molar-refractivity contribution is 0.416. The number of methoxy groups -OCH3 is 1. The molecule has 0 saturated carbocycles. The average Bonchev–Trinajstić information content (AvgIpc) is 2.27. The van der Waals surface area contributed by atoms with Crippen LogP contribution in [0.4, 0.5) is 5.69 Å². The van der Waals surface area contributed by atoms with Crippen molar-refractivity contribution >= 4 is 15.5 Å². The van der Waals surface area contributed by atoms with Crippen LogP contribution in [0.25, 0.3) is 0 Å². The molecule has 18 heavy (non-hydrogen) atoms. The molecule has 0 aliphatic heterocycles. The van der Waals surface area contributed by atoms with E-state index in [2.05, 4.69) is 5.32 Å². The van der Waals surface area contributed by atoms with Gasteiger partial charge < -0.3 is 10.1 Å². The second-order valence-corrected chi connectivity index (χ2v) is 6.35. The molecule has 1 unspecified atom stereocenters. The van der Waals surface area contributed by atoms with Crippen LogP contribution in [-0.2, 0) is 9.84 Å². The number of nitrogens with one attached hydrogen (secondary N) is 1. The van der Waals surface area contributed by atoms with Gasteiger partial charge in [-0.3, -0.25) is 0 Å². The molecule has 0 aliphatic rings. The summed E-state index contributed by atoms with van der Waals surface area (Å²) in [6, 6.07) is 6.74. The van der Waals surface area contributed by atoms with Gasteiger partial charge >= 0.3 is 0 Å². The first kappa shape index (κ1) is 14.3. The molecule has 1 atom stereocenters. The minimum atomic E-state index is -3.03. The maximum absolute atomic E-state index is 11.2. The third-order valence-corrected chi connectivity index (χ3v) is 3.39. The number of anilines is 1. The lowest BCUT2D eigenvalue weighted by Gasteiger charge is -2.16. The van der Waals surface area contributed by atoms with Crippen LogP contribution in [-0.4, -0.2) is 33.6 Å². The van der Waals surface area contributed by atoms with E-state index in [-0.39, 0.29) is 11.8 Å². The van der Waals surface area contributed by atoms with Crippen LogP contribution in [0.2, 0.25) is 0 Å². The van der Waals surface area contributed by atoms with Gasteiger partial charge in [-0.1, -0.05) is 0 Å². The van der Waals surface area contributed by atoms with Gasteiger partial charge in [0.25, 0.3) is 0 Å². The Morgan fingerprint density at radius 1 is 1.50 bits per heavy atom. The van der Waals surface area contributed by atoms with Gasteiger partial charge in [-0.2, -0.15) is 5.26 Å². The molecule has 0 radical (unpaired) electrons. The molecule has 0 spiro atoms. The van der Waals surface area contributed by atoms with E-state index in [1.807, 2.05) is 6.07 Å². The minimum absolute atomic E-state index is 0.0379. The zero-order valence-corrected chi connectivity index (χ0v) is 11.4. The first-order valence-electron chi connectivity index (χ1n) is 5.38. The van der Waals surface area contributed by atoms with Crippen molar-refractivity contribution in [1.29, 1.82) is 5.26 Å². The quantitative estimate of drug-likeness (QED) is 0.873. The highest BCUT2D eigenvalue weighted by Gasteiger charge is 2.12. The van der Waals surface area contributed by atoms with E-state index < -0.39 is 9.84 Å². The van der Waals surface area contributed by atoms with Gasteiger partial charge in [0.05, 0.1) is 30.2 Å². The van der Waals surface area contributed by atoms with Crippen LogP contribution in [0.5, 0.6) is 5.75 Å². The fourth-order valence-electron chi connectivity index (χ4n) is 1.64. The lowest BCUT2D eigenvalue weighted by atomic mass is 10.2. The standard InChI is InChI=1S/C12H16N2O3S/c1-9(8-18(3,15)16)14-11-5-4-10(7-13)6-12(11)17-2/h4-6,9,14H,8H2,1-3H3. The maximum atomic E-state index is 11.2. The molecule has 0 amide bonds. The molecule has 0 bridgehead atoms. The largest absolute Gasteiger partial charge is 0.495 e. The Morgan fingerprint density at radius 2 is 2.17 bits per heavy atom. The molecule has 0 saturated heterocycles. The summed E-state index contributed by atoms with van der Waals surface area (Å²) in [6.07, 6.45) is 1.20. The summed E-state index contributed by atoms with van der Waals surface area (Å²) in [5, 5.41) is 11.8. The number of hydrogen-bond donors (Lipinski definition) is 1. The van der Waals surface area contributed by atoms with Crippen molar-refractivity contribution in [3.63, 3.8) is 0 Å². The van der Waals surface area contributed by atoms with Crippen molar-refractivity contribution in [1.82, 2.24) is 0 Å². The van der Waals surface area contributed by atoms with E-state index in [1.54, 1.807) is 25.1 Å². The molecule has 1 aromatic rings. The Kier molecular flexibility index (Phi) is 4.56. The summed E-state index contributed by atoms with van der Waals surface area (Å²) in [7, 11) is -1.53. The highest BCUT2D eigenvalue weighted by molar-refractivity contribution is 7.90. The summed E-state index contributed by atoms with van der Waals surface area (Å²) < 4.78 is 27.5. The predicted octanol–water partition coefficient (Wildman–Crippen LogP) is 1.41. The zero-order valence-electron chi connectivity index (χ0n) is 10.6. The van der Waals surface area contributed by atoms with Crippen molar-refractivity contribution in [2.75, 3.05) is 24.4 Å². The monoisotopic (exact) mass is 268 g/mol. The molecular weight excluding hydrogens is 252 g/mol. The molecule has 1 aromatic carbocycles. The summed E-state index contributed by atoms with van der Waals surface area (Å²) >= 11 is 0. The number of nitriles is 1. The summed E-state index contributed by atoms with van der Waals surface area (Å²) in [5.74, 6) is 0.560. The van der Waals surface area contributed by atoms with Crippen molar-refractivity contribution in [2.45, 2.75) is 13.0 Å². The molecule has 98 valence electrons. The first-order chi connectivity index (χ1) is 8.35. The minimum Gasteiger partial charge on any atom is -0.495 e. The van der Waals surface area contributed by atoms with Crippen molar-refractivity contribution < 1.29 is 13.2 Å². The van der Waals surface area contributed by atoms with Gasteiger partial charge in [0.1, 0.15) is 15.6 Å². The van der Waals surface area contributed by atoms with Gasteiger partial charge in [0.15, 0.2) is 0 Å². The Balaban J connectivity index is 2.88. The maximum Gasteiger partial charge on any atom is 0.149 e. The molecule has 0 fully saturated rings. The topological polar surface area (TPSA) is 79.2 Å². The third kappa shape index (κ3) is 4.26. The average molecular weight is 268 g/mol. The van der Waals surface area contributed by atoms with Gasteiger partial charge in [-0.25, -0.2) is 8.42 Å². The highest BCUT2D eigenvalue weighted by Crippen LogP contribution is 2.26. The number of nitrogens with zero attached hydrogens (tertiary/aromatic N) is 1. The van der Waals surface area contributed by atoms with E-state index >= 15 is 0 Å². The Bertz CT molecular complexity index is 561. The second-order valence-electron chi connectivity index (χ2n) is 4.16. The van der Waals surface area contributed by atoms with Crippen LogP contribution in [0.1, 0.15) is 12.5 Å². The van der Waals surface area contributed by atoms with Crippen LogP contribution in [0.3, 0.4) is 0 Å². The summed E-state index contributed by atoms with van der Waals surface area (Å²) in [6.45, 7) is 1.78. The molecule has 0 heterocycles. The molecule has 0 aliphatic carbocycles. The van der Waals surface area contributed by atoms with E-state index in [1.165, 1.54) is 13.4 Å². The smallest absolute Gasteiger partial charge is 0.149 e. The predicted molar refractivity (Wildman–Crippen MR) is 70.5 cm³/mol. The van der Waals surface area contributed by atoms with E-state index in [0.29, 0.717) is 17.0 Å². The lowest BCUT2D eigenvalue weighted by Crippen LogP contribution is -2.25. The molecule has 5 nitrogen and oxygen atoms in total. The van der Waals surface area contributed by atoms with Crippen molar-refractivity contribution in [2.24, 2.45) is 0 Å². The van der Waals surface area contributed by atoms with E-state index in [9.17, 15) is 8.42 Å². The fraction of sp³-hybridized carbons (Fsp3) is 0.417. The van der Waals surface area contributed by atoms with Crippen LogP contribution < -0.4 is 10.1 Å². The number of benzene rings is 1.